The zero-order valence-corrected chi connectivity index (χ0v) is 17.5. The van der Waals surface area contributed by atoms with E-state index in [4.69, 9.17) is 14.3 Å². The second-order valence-corrected chi connectivity index (χ2v) is 8.49. The Morgan fingerprint density at radius 1 is 0.828 bits per heavy atom. The molecule has 1 fully saturated rings. The molecule has 2 aromatic carbocycles. The van der Waals surface area contributed by atoms with Crippen molar-refractivity contribution >= 4 is 35.6 Å². The van der Waals surface area contributed by atoms with Gasteiger partial charge in [0.2, 0.25) is 0 Å². The number of benzene rings is 2. The van der Waals surface area contributed by atoms with E-state index < -0.39 is 0 Å². The summed E-state index contributed by atoms with van der Waals surface area (Å²) in [4.78, 5) is 4.86. The second-order valence-electron chi connectivity index (χ2n) is 8.49. The van der Waals surface area contributed by atoms with E-state index in [2.05, 4.69) is 65.1 Å². The zero-order valence-electron chi connectivity index (χ0n) is 17.5. The maximum Gasteiger partial charge on any atom is 0.494 e. The topological polar surface area (TPSA) is 31.4 Å². The molecule has 0 bridgehead atoms. The third-order valence-electron chi connectivity index (χ3n) is 6.06. The van der Waals surface area contributed by atoms with Crippen LogP contribution in [-0.2, 0) is 9.31 Å². The van der Waals surface area contributed by atoms with Gasteiger partial charge in [-0.25, -0.2) is 4.98 Å². The van der Waals surface area contributed by atoms with Gasteiger partial charge in [0.05, 0.1) is 22.4 Å². The van der Waals surface area contributed by atoms with E-state index in [-0.39, 0.29) is 18.3 Å². The molecule has 0 aliphatic carbocycles. The van der Waals surface area contributed by atoms with Crippen LogP contribution in [-0.4, -0.2) is 23.3 Å². The number of rotatable bonds is 4. The lowest BCUT2D eigenvalue weighted by molar-refractivity contribution is 0.00578. The summed E-state index contributed by atoms with van der Waals surface area (Å²) in [6.07, 6.45) is 3.68. The smallest absolute Gasteiger partial charge is 0.399 e. The highest BCUT2D eigenvalue weighted by molar-refractivity contribution is 6.62. The lowest BCUT2D eigenvalue weighted by atomic mass is 9.78. The van der Waals surface area contributed by atoms with Gasteiger partial charge in [-0.3, -0.25) is 0 Å². The van der Waals surface area contributed by atoms with E-state index in [9.17, 15) is 0 Å². The largest absolute Gasteiger partial charge is 0.494 e. The lowest BCUT2D eigenvalue weighted by Crippen LogP contribution is -2.41. The molecule has 146 valence electrons. The Labute approximate surface area is 173 Å². The minimum Gasteiger partial charge on any atom is -0.399 e. The summed E-state index contributed by atoms with van der Waals surface area (Å²) in [6, 6.07) is 16.5. The molecule has 1 saturated heterocycles. The van der Waals surface area contributed by atoms with Gasteiger partial charge in [0, 0.05) is 5.56 Å². The average Bonchev–Trinajstić information content (AvgIpc) is 2.93. The molecule has 1 aliphatic rings. The van der Waals surface area contributed by atoms with Crippen molar-refractivity contribution in [2.45, 2.75) is 38.9 Å². The Bertz CT molecular complexity index is 1100. The summed E-state index contributed by atoms with van der Waals surface area (Å²) in [5, 5.41) is 1.06. The van der Waals surface area contributed by atoms with Crippen LogP contribution in [0.4, 0.5) is 0 Å². The Balaban J connectivity index is 1.68. The molecular formula is C25H26BNO2. The molecule has 3 nitrogen and oxygen atoms in total. The first-order valence-electron chi connectivity index (χ1n) is 9.90. The van der Waals surface area contributed by atoms with Crippen molar-refractivity contribution in [1.82, 2.24) is 4.98 Å². The van der Waals surface area contributed by atoms with E-state index in [1.54, 1.807) is 0 Å². The summed E-state index contributed by atoms with van der Waals surface area (Å²) < 4.78 is 12.4. The third kappa shape index (κ3) is 3.43. The number of pyridine rings is 1. The van der Waals surface area contributed by atoms with Crippen molar-refractivity contribution in [2.24, 2.45) is 0 Å². The normalized spacial score (nSPS) is 17.4. The predicted molar refractivity (Wildman–Crippen MR) is 123 cm³/mol. The van der Waals surface area contributed by atoms with Gasteiger partial charge in [-0.05, 0) is 67.9 Å². The molecule has 0 N–H and O–H groups in total. The number of fused-ring (bicyclic) bond motifs is 1. The SMILES string of the molecule is C=Cc1ccc(-c2ccc3cc(B4OC(C)(C)C(C)(C)O4)ccc3n2)cc1C=C. The van der Waals surface area contributed by atoms with Crippen molar-refractivity contribution in [3.8, 4) is 11.3 Å². The van der Waals surface area contributed by atoms with Crippen molar-refractivity contribution in [1.29, 1.82) is 0 Å². The van der Waals surface area contributed by atoms with Gasteiger partial charge in [0.1, 0.15) is 0 Å². The summed E-state index contributed by atoms with van der Waals surface area (Å²) in [6.45, 7) is 16.0. The first-order chi connectivity index (χ1) is 13.7. The highest BCUT2D eigenvalue weighted by atomic mass is 16.7. The molecule has 3 aromatic rings. The molecule has 0 spiro atoms. The van der Waals surface area contributed by atoms with Crippen molar-refractivity contribution in [3.63, 3.8) is 0 Å². The van der Waals surface area contributed by atoms with E-state index in [0.29, 0.717) is 0 Å². The van der Waals surface area contributed by atoms with Crippen LogP contribution >= 0.6 is 0 Å². The minimum atomic E-state index is -0.370. The fourth-order valence-electron chi connectivity index (χ4n) is 3.53. The fraction of sp³-hybridized carbons (Fsp3) is 0.240. The van der Waals surface area contributed by atoms with Gasteiger partial charge in [0.15, 0.2) is 0 Å². The van der Waals surface area contributed by atoms with E-state index in [1.165, 1.54) is 0 Å². The van der Waals surface area contributed by atoms with Crippen molar-refractivity contribution < 1.29 is 9.31 Å². The number of nitrogens with zero attached hydrogens (tertiary/aromatic N) is 1. The van der Waals surface area contributed by atoms with Crippen LogP contribution in [0.25, 0.3) is 34.3 Å². The monoisotopic (exact) mass is 383 g/mol. The molecular weight excluding hydrogens is 357 g/mol. The van der Waals surface area contributed by atoms with E-state index in [1.807, 2.05) is 36.4 Å². The molecule has 0 atom stereocenters. The van der Waals surface area contributed by atoms with E-state index >= 15 is 0 Å². The Kier molecular flexibility index (Phi) is 4.72. The van der Waals surface area contributed by atoms with Gasteiger partial charge < -0.3 is 9.31 Å². The predicted octanol–water partition coefficient (Wildman–Crippen LogP) is 5.49. The molecule has 4 rings (SSSR count). The minimum absolute atomic E-state index is 0.352. The van der Waals surface area contributed by atoms with Crippen LogP contribution in [0.15, 0.2) is 61.7 Å². The molecule has 1 aliphatic heterocycles. The first-order valence-corrected chi connectivity index (χ1v) is 9.90. The standard InChI is InChI=1S/C25H26BNO2/c1-7-17-9-10-19(15-18(17)8-2)22-13-11-20-16-21(12-14-23(20)27-22)26-28-24(3,4)25(5,6)29-26/h7-16H,1-2H2,3-6H3. The summed E-state index contributed by atoms with van der Waals surface area (Å²) >= 11 is 0. The van der Waals surface area contributed by atoms with Gasteiger partial charge in [-0.1, -0.05) is 55.6 Å². The maximum atomic E-state index is 6.18. The van der Waals surface area contributed by atoms with Crippen LogP contribution in [0.3, 0.4) is 0 Å². The number of hydrogen-bond acceptors (Lipinski definition) is 3. The van der Waals surface area contributed by atoms with Gasteiger partial charge in [0.25, 0.3) is 0 Å². The molecule has 29 heavy (non-hydrogen) atoms. The first kappa shape index (κ1) is 19.6. The van der Waals surface area contributed by atoms with E-state index in [0.717, 1.165) is 38.8 Å². The van der Waals surface area contributed by atoms with Gasteiger partial charge >= 0.3 is 7.12 Å². The summed E-state index contributed by atoms with van der Waals surface area (Å²) in [7, 11) is -0.370. The molecule has 0 unspecified atom stereocenters. The number of hydrogen-bond donors (Lipinski definition) is 0. The van der Waals surface area contributed by atoms with Crippen LogP contribution in [0, 0.1) is 0 Å². The van der Waals surface area contributed by atoms with Gasteiger partial charge in [-0.15, -0.1) is 0 Å². The Morgan fingerprint density at radius 3 is 2.17 bits per heavy atom. The lowest BCUT2D eigenvalue weighted by Gasteiger charge is -2.32. The van der Waals surface area contributed by atoms with Crippen LogP contribution in [0.2, 0.25) is 0 Å². The van der Waals surface area contributed by atoms with Crippen molar-refractivity contribution in [3.05, 3.63) is 72.8 Å². The average molecular weight is 383 g/mol. The fourth-order valence-corrected chi connectivity index (χ4v) is 3.53. The quantitative estimate of drug-likeness (QED) is 0.559. The zero-order chi connectivity index (χ0) is 20.8. The molecule has 2 heterocycles. The number of aromatic nitrogens is 1. The summed E-state index contributed by atoms with van der Waals surface area (Å²) in [5.41, 5.74) is 5.35. The molecule has 4 heteroatoms. The maximum absolute atomic E-state index is 6.18. The van der Waals surface area contributed by atoms with Crippen LogP contribution in [0.1, 0.15) is 38.8 Å². The van der Waals surface area contributed by atoms with Crippen LogP contribution < -0.4 is 5.46 Å². The Hall–Kier alpha value is -2.69. The Morgan fingerprint density at radius 2 is 1.52 bits per heavy atom. The highest BCUT2D eigenvalue weighted by Gasteiger charge is 2.51. The van der Waals surface area contributed by atoms with Crippen LogP contribution in [0.5, 0.6) is 0 Å². The third-order valence-corrected chi connectivity index (χ3v) is 6.06. The molecule has 1 aromatic heterocycles. The highest BCUT2D eigenvalue weighted by Crippen LogP contribution is 2.36. The molecule has 0 radical (unpaired) electrons. The summed E-state index contributed by atoms with van der Waals surface area (Å²) in [5.74, 6) is 0. The molecule has 0 saturated carbocycles. The van der Waals surface area contributed by atoms with Gasteiger partial charge in [-0.2, -0.15) is 0 Å². The van der Waals surface area contributed by atoms with Crippen molar-refractivity contribution in [2.75, 3.05) is 0 Å². The molecule has 0 amide bonds. The second kappa shape index (κ2) is 6.98.